The number of cyclic esters (lactones) is 2. The lowest BCUT2D eigenvalue weighted by Gasteiger charge is -2.09. The van der Waals surface area contributed by atoms with E-state index in [1.54, 1.807) is 24.3 Å². The number of carbonyl (C=O) groups excluding carboxylic acids is 2. The molecule has 4 atom stereocenters. The number of ether oxygens (including phenoxy) is 2. The third-order valence-corrected chi connectivity index (χ3v) is 5.13. The molecule has 0 saturated heterocycles. The fourth-order valence-corrected chi connectivity index (χ4v) is 2.91. The van der Waals surface area contributed by atoms with Crippen LogP contribution in [-0.2, 0) is 19.1 Å². The zero-order valence-corrected chi connectivity index (χ0v) is 15.6. The highest BCUT2D eigenvalue weighted by atomic mass is 16.6. The number of nitrogens with zero attached hydrogens (tertiary/aromatic N) is 2. The van der Waals surface area contributed by atoms with Gasteiger partial charge in [-0.3, -0.25) is 0 Å². The Hall–Kier alpha value is -2.50. The number of esters is 2. The number of rotatable bonds is 6. The van der Waals surface area contributed by atoms with Gasteiger partial charge in [-0.05, 0) is 36.1 Å². The van der Waals surface area contributed by atoms with Gasteiger partial charge in [0.05, 0.1) is 0 Å². The molecule has 0 radical (unpaired) electrons. The quantitative estimate of drug-likeness (QED) is 0.734. The molecule has 1 aromatic rings. The Morgan fingerprint density at radius 2 is 1.15 bits per heavy atom. The zero-order chi connectivity index (χ0) is 18.8. The van der Waals surface area contributed by atoms with E-state index in [-0.39, 0.29) is 23.8 Å². The molecule has 2 heterocycles. The van der Waals surface area contributed by atoms with E-state index >= 15 is 0 Å². The topological polar surface area (TPSA) is 77.3 Å². The van der Waals surface area contributed by atoms with E-state index in [0.29, 0.717) is 11.8 Å². The predicted octanol–water partition coefficient (Wildman–Crippen LogP) is 3.12. The van der Waals surface area contributed by atoms with Crippen molar-refractivity contribution < 1.29 is 19.1 Å². The van der Waals surface area contributed by atoms with Gasteiger partial charge in [0, 0.05) is 11.1 Å². The summed E-state index contributed by atoms with van der Waals surface area (Å²) in [4.78, 5) is 32.8. The van der Waals surface area contributed by atoms with Gasteiger partial charge in [-0.1, -0.05) is 40.5 Å². The van der Waals surface area contributed by atoms with Crippen LogP contribution in [0.3, 0.4) is 0 Å². The maximum atomic E-state index is 12.0. The Bertz CT molecular complexity index is 702. The van der Waals surface area contributed by atoms with Crippen LogP contribution in [0.5, 0.6) is 0 Å². The molecule has 0 amide bonds. The van der Waals surface area contributed by atoms with Crippen molar-refractivity contribution in [3.8, 4) is 0 Å². The number of benzene rings is 1. The molecule has 0 aromatic heterocycles. The average molecular weight is 356 g/mol. The Balaban J connectivity index is 1.78. The molecule has 2 aliphatic heterocycles. The molecule has 3 rings (SSSR count). The first-order valence-electron chi connectivity index (χ1n) is 9.14. The molecule has 6 nitrogen and oxygen atoms in total. The van der Waals surface area contributed by atoms with E-state index in [9.17, 15) is 9.59 Å². The molecule has 1 aromatic carbocycles. The molecule has 0 bridgehead atoms. The molecular weight excluding hydrogens is 332 g/mol. The third kappa shape index (κ3) is 3.41. The van der Waals surface area contributed by atoms with Crippen molar-refractivity contribution in [2.45, 2.75) is 52.6 Å². The van der Waals surface area contributed by atoms with Crippen molar-refractivity contribution in [3.63, 3.8) is 0 Å². The number of hydrogen-bond acceptors (Lipinski definition) is 6. The van der Waals surface area contributed by atoms with E-state index in [1.807, 2.05) is 27.7 Å². The Morgan fingerprint density at radius 3 is 1.46 bits per heavy atom. The third-order valence-electron chi connectivity index (χ3n) is 5.13. The van der Waals surface area contributed by atoms with Crippen molar-refractivity contribution in [1.29, 1.82) is 0 Å². The van der Waals surface area contributed by atoms with Crippen molar-refractivity contribution >= 4 is 23.7 Å². The molecular formula is C20H24N2O4. The highest BCUT2D eigenvalue weighted by molar-refractivity contribution is 6.08. The molecule has 26 heavy (non-hydrogen) atoms. The highest BCUT2D eigenvalue weighted by Crippen LogP contribution is 2.24. The summed E-state index contributed by atoms with van der Waals surface area (Å²) in [6, 6.07) is 6.32. The lowest BCUT2D eigenvalue weighted by Crippen LogP contribution is -2.22. The van der Waals surface area contributed by atoms with Gasteiger partial charge in [0.2, 0.25) is 11.8 Å². The fraction of sp³-hybridized carbons (Fsp3) is 0.500. The van der Waals surface area contributed by atoms with E-state index in [0.717, 1.165) is 24.0 Å². The molecule has 0 aliphatic carbocycles. The maximum absolute atomic E-state index is 12.0. The fourth-order valence-electron chi connectivity index (χ4n) is 2.91. The summed E-state index contributed by atoms with van der Waals surface area (Å²) >= 11 is 0. The van der Waals surface area contributed by atoms with Crippen LogP contribution in [-0.4, -0.2) is 35.8 Å². The van der Waals surface area contributed by atoms with Crippen molar-refractivity contribution in [2.24, 2.45) is 21.8 Å². The summed E-state index contributed by atoms with van der Waals surface area (Å²) in [6.07, 6.45) is 1.72. The van der Waals surface area contributed by atoms with Gasteiger partial charge in [-0.15, -0.1) is 0 Å². The van der Waals surface area contributed by atoms with Gasteiger partial charge in [0.15, 0.2) is 12.1 Å². The SMILES string of the molecule is CCC(C)C1N=C(c2ccc(C3=NC(C(C)CC)C(=O)O3)cc2)OC1=O. The molecule has 2 aliphatic rings. The summed E-state index contributed by atoms with van der Waals surface area (Å²) in [7, 11) is 0. The van der Waals surface area contributed by atoms with E-state index in [4.69, 9.17) is 9.47 Å². The van der Waals surface area contributed by atoms with E-state index in [1.165, 1.54) is 0 Å². The maximum Gasteiger partial charge on any atom is 0.338 e. The largest absolute Gasteiger partial charge is 0.406 e. The Morgan fingerprint density at radius 1 is 0.808 bits per heavy atom. The van der Waals surface area contributed by atoms with Crippen molar-refractivity contribution in [3.05, 3.63) is 35.4 Å². The Labute approximate surface area is 153 Å². The number of aliphatic imine (C=N–C) groups is 2. The van der Waals surface area contributed by atoms with Crippen LogP contribution in [0.4, 0.5) is 0 Å². The van der Waals surface area contributed by atoms with Crippen LogP contribution >= 0.6 is 0 Å². The lowest BCUT2D eigenvalue weighted by molar-refractivity contribution is -0.136. The van der Waals surface area contributed by atoms with Crippen LogP contribution in [0.1, 0.15) is 51.7 Å². The van der Waals surface area contributed by atoms with Gasteiger partial charge < -0.3 is 9.47 Å². The van der Waals surface area contributed by atoms with Crippen LogP contribution < -0.4 is 0 Å². The molecule has 0 N–H and O–H groups in total. The predicted molar refractivity (Wildman–Crippen MR) is 98.2 cm³/mol. The van der Waals surface area contributed by atoms with Crippen molar-refractivity contribution in [1.82, 2.24) is 0 Å². The second kappa shape index (κ2) is 7.40. The van der Waals surface area contributed by atoms with Gasteiger partial charge in [0.25, 0.3) is 0 Å². The first-order chi connectivity index (χ1) is 12.4. The van der Waals surface area contributed by atoms with Crippen molar-refractivity contribution in [2.75, 3.05) is 0 Å². The zero-order valence-electron chi connectivity index (χ0n) is 15.6. The summed E-state index contributed by atoms with van der Waals surface area (Å²) in [6.45, 7) is 8.02. The van der Waals surface area contributed by atoms with Crippen LogP contribution in [0.25, 0.3) is 0 Å². The first-order valence-corrected chi connectivity index (χ1v) is 9.14. The minimum Gasteiger partial charge on any atom is -0.406 e. The van der Waals surface area contributed by atoms with Gasteiger partial charge in [-0.2, -0.15) is 0 Å². The molecule has 6 heteroatoms. The van der Waals surface area contributed by atoms with E-state index < -0.39 is 12.1 Å². The number of hydrogen-bond donors (Lipinski definition) is 0. The first kappa shape index (κ1) is 18.3. The lowest BCUT2D eigenvalue weighted by atomic mass is 10.0. The molecule has 0 spiro atoms. The van der Waals surface area contributed by atoms with Gasteiger partial charge >= 0.3 is 11.9 Å². The monoisotopic (exact) mass is 356 g/mol. The van der Waals surface area contributed by atoms with Gasteiger partial charge in [-0.25, -0.2) is 19.6 Å². The summed E-state index contributed by atoms with van der Waals surface area (Å²) in [5.41, 5.74) is 1.44. The molecule has 0 saturated carbocycles. The van der Waals surface area contributed by atoms with Gasteiger partial charge in [0.1, 0.15) is 0 Å². The minimum absolute atomic E-state index is 0.143. The minimum atomic E-state index is -0.439. The summed E-state index contributed by atoms with van der Waals surface area (Å²) in [5, 5.41) is 0. The Kier molecular flexibility index (Phi) is 5.20. The second-order valence-corrected chi connectivity index (χ2v) is 6.95. The van der Waals surface area contributed by atoms with Crippen LogP contribution in [0, 0.1) is 11.8 Å². The smallest absolute Gasteiger partial charge is 0.338 e. The average Bonchev–Trinajstić information content (AvgIpc) is 3.23. The highest BCUT2D eigenvalue weighted by Gasteiger charge is 2.35. The van der Waals surface area contributed by atoms with E-state index in [2.05, 4.69) is 9.98 Å². The molecule has 0 fully saturated rings. The normalized spacial score (nSPS) is 24.6. The summed E-state index contributed by atoms with van der Waals surface area (Å²) in [5.74, 6) is 0.366. The van der Waals surface area contributed by atoms with Crippen LogP contribution in [0.2, 0.25) is 0 Å². The molecule has 4 unspecified atom stereocenters. The number of carbonyl (C=O) groups is 2. The molecule has 138 valence electrons. The standard InChI is InChI=1S/C20H24N2O4/c1-5-11(3)15-19(23)25-17(21-15)13-7-9-14(10-8-13)18-22-16(12(4)6-2)20(24)26-18/h7-12,15-16H,5-6H2,1-4H3. The van der Waals surface area contributed by atoms with Crippen LogP contribution in [0.15, 0.2) is 34.3 Å². The second-order valence-electron chi connectivity index (χ2n) is 6.95. The summed E-state index contributed by atoms with van der Waals surface area (Å²) < 4.78 is 10.6.